The first-order chi connectivity index (χ1) is 10.3. The lowest BCUT2D eigenvalue weighted by Gasteiger charge is -2.33. The molecule has 0 aromatic heterocycles. The molecule has 1 unspecified atom stereocenters. The summed E-state index contributed by atoms with van der Waals surface area (Å²) >= 11 is 1.45. The van der Waals surface area contributed by atoms with E-state index >= 15 is 0 Å². The summed E-state index contributed by atoms with van der Waals surface area (Å²) in [6.45, 7) is 0.283. The molecule has 1 saturated heterocycles. The number of hydrogen-bond donors (Lipinski definition) is 0. The molecule has 0 N–H and O–H groups in total. The van der Waals surface area contributed by atoms with Crippen LogP contribution in [0.15, 0.2) is 24.3 Å². The van der Waals surface area contributed by atoms with Gasteiger partial charge in [0.05, 0.1) is 0 Å². The molecule has 0 radical (unpaired) electrons. The van der Waals surface area contributed by atoms with Crippen LogP contribution in [0.1, 0.15) is 5.56 Å². The SMILES string of the molecule is CS(=O)(=O)C1CSCCN1C(=O)/C=C/c1c(F)cccc1F. The molecule has 1 fully saturated rings. The zero-order valence-electron chi connectivity index (χ0n) is 11.8. The Hall–Kier alpha value is -1.41. The average molecular weight is 347 g/mol. The molecular weight excluding hydrogens is 332 g/mol. The maximum absolute atomic E-state index is 13.5. The summed E-state index contributed by atoms with van der Waals surface area (Å²) in [6, 6.07) is 3.40. The van der Waals surface area contributed by atoms with E-state index in [1.807, 2.05) is 0 Å². The van der Waals surface area contributed by atoms with E-state index in [0.29, 0.717) is 11.5 Å². The van der Waals surface area contributed by atoms with E-state index in [9.17, 15) is 22.0 Å². The molecule has 1 heterocycles. The van der Waals surface area contributed by atoms with Crippen LogP contribution in [0.2, 0.25) is 0 Å². The van der Waals surface area contributed by atoms with Gasteiger partial charge >= 0.3 is 0 Å². The van der Waals surface area contributed by atoms with Gasteiger partial charge < -0.3 is 4.90 Å². The van der Waals surface area contributed by atoms with E-state index in [4.69, 9.17) is 0 Å². The lowest BCUT2D eigenvalue weighted by atomic mass is 10.2. The van der Waals surface area contributed by atoms with Gasteiger partial charge in [-0.25, -0.2) is 17.2 Å². The van der Waals surface area contributed by atoms with E-state index in [0.717, 1.165) is 30.5 Å². The Kier molecular flexibility index (Phi) is 5.23. The van der Waals surface area contributed by atoms with Crippen LogP contribution in [0.5, 0.6) is 0 Å². The van der Waals surface area contributed by atoms with Gasteiger partial charge in [-0.3, -0.25) is 4.79 Å². The van der Waals surface area contributed by atoms with Gasteiger partial charge in [0, 0.05) is 35.9 Å². The van der Waals surface area contributed by atoms with E-state index in [2.05, 4.69) is 0 Å². The normalized spacial score (nSPS) is 19.6. The van der Waals surface area contributed by atoms with Gasteiger partial charge in [-0.1, -0.05) is 6.07 Å². The summed E-state index contributed by atoms with van der Waals surface area (Å²) in [5.41, 5.74) is -0.321. The standard InChI is InChI=1S/C14H15F2NO3S2/c1-22(19,20)14-9-21-8-7-17(14)13(18)6-5-10-11(15)3-2-4-12(10)16/h2-6,14H,7-9H2,1H3/b6-5+. The molecule has 1 aromatic rings. The number of carbonyl (C=O) groups excluding carboxylic acids is 1. The van der Waals surface area contributed by atoms with Crippen molar-refractivity contribution in [3.05, 3.63) is 41.5 Å². The highest BCUT2D eigenvalue weighted by Crippen LogP contribution is 2.21. The lowest BCUT2D eigenvalue weighted by Crippen LogP contribution is -2.49. The zero-order valence-corrected chi connectivity index (χ0v) is 13.5. The van der Waals surface area contributed by atoms with Gasteiger partial charge in [0.1, 0.15) is 17.0 Å². The molecule has 0 bridgehead atoms. The number of carbonyl (C=O) groups is 1. The van der Waals surface area contributed by atoms with Gasteiger partial charge in [-0.05, 0) is 18.2 Å². The lowest BCUT2D eigenvalue weighted by molar-refractivity contribution is -0.126. The maximum Gasteiger partial charge on any atom is 0.247 e. The number of sulfone groups is 1. The summed E-state index contributed by atoms with van der Waals surface area (Å²) < 4.78 is 50.5. The molecule has 1 atom stereocenters. The first-order valence-electron chi connectivity index (χ1n) is 6.50. The van der Waals surface area contributed by atoms with Crippen LogP contribution >= 0.6 is 11.8 Å². The Morgan fingerprint density at radius 1 is 1.36 bits per heavy atom. The Labute approximate surface area is 132 Å². The number of halogens is 2. The quantitative estimate of drug-likeness (QED) is 0.784. The van der Waals surface area contributed by atoms with E-state index in [-0.39, 0.29) is 12.1 Å². The predicted molar refractivity (Wildman–Crippen MR) is 83.1 cm³/mol. The highest BCUT2D eigenvalue weighted by Gasteiger charge is 2.33. The fraction of sp³-hybridized carbons (Fsp3) is 0.357. The van der Waals surface area contributed by atoms with Crippen molar-refractivity contribution < 1.29 is 22.0 Å². The third-order valence-electron chi connectivity index (χ3n) is 3.25. The van der Waals surface area contributed by atoms with E-state index in [1.54, 1.807) is 0 Å². The molecule has 0 aliphatic carbocycles. The van der Waals surface area contributed by atoms with Crippen molar-refractivity contribution in [3.63, 3.8) is 0 Å². The highest BCUT2D eigenvalue weighted by atomic mass is 32.2. The predicted octanol–water partition coefficient (Wildman–Crippen LogP) is 1.92. The second-order valence-corrected chi connectivity index (χ2v) is 8.21. The van der Waals surface area contributed by atoms with Gasteiger partial charge in [0.15, 0.2) is 9.84 Å². The largest absolute Gasteiger partial charge is 0.320 e. The summed E-state index contributed by atoms with van der Waals surface area (Å²) in [4.78, 5) is 13.4. The van der Waals surface area contributed by atoms with Gasteiger partial charge in [0.25, 0.3) is 0 Å². The molecule has 1 aliphatic heterocycles. The molecule has 120 valence electrons. The Morgan fingerprint density at radius 2 is 2.00 bits per heavy atom. The molecule has 0 spiro atoms. The maximum atomic E-state index is 13.5. The second-order valence-electron chi connectivity index (χ2n) is 4.86. The van der Waals surface area contributed by atoms with Crippen molar-refractivity contribution in [1.82, 2.24) is 4.90 Å². The van der Waals surface area contributed by atoms with Crippen LogP contribution in [0.4, 0.5) is 8.78 Å². The van der Waals surface area contributed by atoms with Crippen molar-refractivity contribution in [2.45, 2.75) is 5.37 Å². The first kappa shape index (κ1) is 17.0. The van der Waals surface area contributed by atoms with Crippen molar-refractivity contribution in [3.8, 4) is 0 Å². The van der Waals surface area contributed by atoms with Crippen LogP contribution in [0, 0.1) is 11.6 Å². The van der Waals surface area contributed by atoms with E-state index < -0.39 is 32.8 Å². The van der Waals surface area contributed by atoms with Crippen molar-refractivity contribution >= 4 is 33.6 Å². The summed E-state index contributed by atoms with van der Waals surface area (Å²) in [5.74, 6) is -1.21. The van der Waals surface area contributed by atoms with Crippen LogP contribution < -0.4 is 0 Å². The van der Waals surface area contributed by atoms with Crippen molar-refractivity contribution in [2.24, 2.45) is 0 Å². The van der Waals surface area contributed by atoms with Gasteiger partial charge in [0.2, 0.25) is 5.91 Å². The van der Waals surface area contributed by atoms with Gasteiger partial charge in [-0.2, -0.15) is 11.8 Å². The van der Waals surface area contributed by atoms with Crippen LogP contribution in [-0.2, 0) is 14.6 Å². The highest BCUT2D eigenvalue weighted by molar-refractivity contribution is 8.00. The first-order valence-corrected chi connectivity index (χ1v) is 9.61. The number of hydrogen-bond acceptors (Lipinski definition) is 4. The minimum Gasteiger partial charge on any atom is -0.320 e. The molecule has 0 saturated carbocycles. The topological polar surface area (TPSA) is 54.5 Å². The molecule has 8 heteroatoms. The van der Waals surface area contributed by atoms with Crippen molar-refractivity contribution in [1.29, 1.82) is 0 Å². The molecular formula is C14H15F2NO3S2. The fourth-order valence-electron chi connectivity index (χ4n) is 2.11. The average Bonchev–Trinajstić information content (AvgIpc) is 2.45. The molecule has 1 aliphatic rings. The van der Waals surface area contributed by atoms with Crippen LogP contribution in [0.25, 0.3) is 6.08 Å². The Balaban J connectivity index is 2.22. The Bertz CT molecular complexity index is 684. The third-order valence-corrected chi connectivity index (χ3v) is 5.90. The Morgan fingerprint density at radius 3 is 2.59 bits per heavy atom. The smallest absolute Gasteiger partial charge is 0.247 e. The number of nitrogens with zero attached hydrogens (tertiary/aromatic N) is 1. The molecule has 22 heavy (non-hydrogen) atoms. The zero-order chi connectivity index (χ0) is 16.3. The number of thioether (sulfide) groups is 1. The minimum atomic E-state index is -3.42. The van der Waals surface area contributed by atoms with E-state index in [1.165, 1.54) is 22.7 Å². The molecule has 1 aromatic carbocycles. The minimum absolute atomic E-state index is 0.283. The number of rotatable bonds is 3. The van der Waals surface area contributed by atoms with Crippen LogP contribution in [-0.4, -0.2) is 48.9 Å². The third kappa shape index (κ3) is 3.86. The summed E-state index contributed by atoms with van der Waals surface area (Å²) in [7, 11) is -3.42. The molecule has 2 rings (SSSR count). The number of benzene rings is 1. The summed E-state index contributed by atoms with van der Waals surface area (Å²) in [6.07, 6.45) is 3.12. The molecule has 1 amide bonds. The summed E-state index contributed by atoms with van der Waals surface area (Å²) in [5, 5.41) is -0.908. The van der Waals surface area contributed by atoms with Gasteiger partial charge in [-0.15, -0.1) is 0 Å². The number of amides is 1. The monoisotopic (exact) mass is 347 g/mol. The fourth-order valence-corrected chi connectivity index (χ4v) is 4.93. The molecule has 4 nitrogen and oxygen atoms in total. The second kappa shape index (κ2) is 6.78. The van der Waals surface area contributed by atoms with Crippen molar-refractivity contribution in [2.75, 3.05) is 24.3 Å². The van der Waals surface area contributed by atoms with Crippen LogP contribution in [0.3, 0.4) is 0 Å².